The lowest BCUT2D eigenvalue weighted by molar-refractivity contribution is 0.215. The molecule has 0 amide bonds. The summed E-state index contributed by atoms with van der Waals surface area (Å²) in [7, 11) is 0. The van der Waals surface area contributed by atoms with Crippen LogP contribution in [0.4, 0.5) is 0 Å². The summed E-state index contributed by atoms with van der Waals surface area (Å²) in [5, 5.41) is 0. The van der Waals surface area contributed by atoms with Crippen LogP contribution in [-0.2, 0) is 0 Å². The Bertz CT molecular complexity index is 334. The molecule has 0 spiro atoms. The van der Waals surface area contributed by atoms with E-state index in [2.05, 4.69) is 26.8 Å². The lowest BCUT2D eigenvalue weighted by Crippen LogP contribution is -2.20. The zero-order chi connectivity index (χ0) is 13.4. The molecule has 0 aromatic rings. The minimum Gasteiger partial charge on any atom is -0.0848 e. The molecule has 5 unspecified atom stereocenters. The summed E-state index contributed by atoms with van der Waals surface area (Å²) < 4.78 is 0. The molecule has 3 aliphatic carbocycles. The maximum atomic E-state index is 2.64. The SMILES string of the molecule is CCC1=CCC(C)C(C2CCCC2)CC2CC2C1C. The second kappa shape index (κ2) is 5.62. The Labute approximate surface area is 120 Å². The Morgan fingerprint density at radius 2 is 1.68 bits per heavy atom. The van der Waals surface area contributed by atoms with Gasteiger partial charge in [-0.05, 0) is 61.2 Å². The molecule has 0 radical (unpaired) electrons. The van der Waals surface area contributed by atoms with Crippen LogP contribution >= 0.6 is 0 Å². The van der Waals surface area contributed by atoms with Crippen molar-refractivity contribution in [1.82, 2.24) is 0 Å². The van der Waals surface area contributed by atoms with Crippen LogP contribution in [0.3, 0.4) is 0 Å². The van der Waals surface area contributed by atoms with Crippen LogP contribution < -0.4 is 0 Å². The van der Waals surface area contributed by atoms with Crippen LogP contribution in [0.5, 0.6) is 0 Å². The van der Waals surface area contributed by atoms with Gasteiger partial charge in [0.25, 0.3) is 0 Å². The standard InChI is InChI=1S/C19H32/c1-4-15-10-9-13(2)18(16-7-5-6-8-16)11-17-12-19(17)14(15)3/h10,13-14,16-19H,4-9,11-12H2,1-3H3. The van der Waals surface area contributed by atoms with Gasteiger partial charge in [-0.3, -0.25) is 0 Å². The van der Waals surface area contributed by atoms with Crippen molar-refractivity contribution in [2.45, 2.75) is 72.1 Å². The quantitative estimate of drug-likeness (QED) is 0.548. The summed E-state index contributed by atoms with van der Waals surface area (Å²) in [6.45, 7) is 7.40. The van der Waals surface area contributed by atoms with Crippen molar-refractivity contribution >= 4 is 0 Å². The predicted octanol–water partition coefficient (Wildman–Crippen LogP) is 5.83. The number of rotatable bonds is 2. The van der Waals surface area contributed by atoms with Crippen molar-refractivity contribution in [3.63, 3.8) is 0 Å². The number of fused-ring (bicyclic) bond motifs is 1. The van der Waals surface area contributed by atoms with Crippen molar-refractivity contribution in [3.05, 3.63) is 11.6 Å². The molecule has 2 saturated carbocycles. The van der Waals surface area contributed by atoms with Gasteiger partial charge in [-0.25, -0.2) is 0 Å². The third kappa shape index (κ3) is 2.78. The van der Waals surface area contributed by atoms with Gasteiger partial charge in [-0.1, -0.05) is 58.1 Å². The van der Waals surface area contributed by atoms with Gasteiger partial charge in [0.2, 0.25) is 0 Å². The molecule has 2 fully saturated rings. The average molecular weight is 260 g/mol. The molecule has 0 aromatic carbocycles. The van der Waals surface area contributed by atoms with Crippen LogP contribution in [0.25, 0.3) is 0 Å². The van der Waals surface area contributed by atoms with E-state index in [-0.39, 0.29) is 0 Å². The third-order valence-electron chi connectivity index (χ3n) is 6.68. The summed E-state index contributed by atoms with van der Waals surface area (Å²) >= 11 is 0. The van der Waals surface area contributed by atoms with E-state index in [1.165, 1.54) is 44.9 Å². The topological polar surface area (TPSA) is 0 Å². The van der Waals surface area contributed by atoms with E-state index in [1.54, 1.807) is 12.0 Å². The minimum atomic E-state index is 0.879. The van der Waals surface area contributed by atoms with Gasteiger partial charge in [0, 0.05) is 0 Å². The van der Waals surface area contributed by atoms with Gasteiger partial charge in [0.05, 0.1) is 0 Å². The fraction of sp³-hybridized carbons (Fsp3) is 0.895. The van der Waals surface area contributed by atoms with Crippen molar-refractivity contribution in [2.24, 2.45) is 35.5 Å². The highest BCUT2D eigenvalue weighted by Crippen LogP contribution is 2.54. The molecule has 0 saturated heterocycles. The van der Waals surface area contributed by atoms with Gasteiger partial charge in [0.1, 0.15) is 0 Å². The molecule has 3 rings (SSSR count). The molecule has 0 aliphatic heterocycles. The smallest absolute Gasteiger partial charge is 0.0201 e. The van der Waals surface area contributed by atoms with Gasteiger partial charge >= 0.3 is 0 Å². The van der Waals surface area contributed by atoms with Gasteiger partial charge < -0.3 is 0 Å². The van der Waals surface area contributed by atoms with E-state index in [9.17, 15) is 0 Å². The Hall–Kier alpha value is -0.260. The van der Waals surface area contributed by atoms with E-state index in [0.717, 1.165) is 35.5 Å². The second-order valence-corrected chi connectivity index (χ2v) is 7.74. The molecule has 5 atom stereocenters. The molecule has 108 valence electrons. The van der Waals surface area contributed by atoms with Crippen molar-refractivity contribution < 1.29 is 0 Å². The van der Waals surface area contributed by atoms with Crippen molar-refractivity contribution in [2.75, 3.05) is 0 Å². The predicted molar refractivity (Wildman–Crippen MR) is 83.0 cm³/mol. The average Bonchev–Trinajstić information content (AvgIpc) is 2.95. The first kappa shape index (κ1) is 13.7. The molecule has 0 bridgehead atoms. The van der Waals surface area contributed by atoms with Gasteiger partial charge in [0.15, 0.2) is 0 Å². The first-order valence-electron chi connectivity index (χ1n) is 8.89. The van der Waals surface area contributed by atoms with Gasteiger partial charge in [-0.2, -0.15) is 0 Å². The Balaban J connectivity index is 1.76. The molecule has 0 aromatic heterocycles. The highest BCUT2D eigenvalue weighted by atomic mass is 14.5. The molecule has 0 heterocycles. The number of hydrogen-bond acceptors (Lipinski definition) is 0. The molecule has 0 heteroatoms. The Kier molecular flexibility index (Phi) is 4.06. The summed E-state index contributed by atoms with van der Waals surface area (Å²) in [5.41, 5.74) is 1.77. The van der Waals surface area contributed by atoms with E-state index < -0.39 is 0 Å². The molecule has 3 aliphatic rings. The van der Waals surface area contributed by atoms with Crippen LogP contribution in [0.2, 0.25) is 0 Å². The third-order valence-corrected chi connectivity index (χ3v) is 6.68. The Morgan fingerprint density at radius 1 is 1.00 bits per heavy atom. The molecule has 0 N–H and O–H groups in total. The summed E-state index contributed by atoms with van der Waals surface area (Å²) in [5.74, 6) is 6.04. The van der Waals surface area contributed by atoms with Crippen LogP contribution in [0.1, 0.15) is 72.1 Å². The first-order valence-corrected chi connectivity index (χ1v) is 8.89. The van der Waals surface area contributed by atoms with Crippen LogP contribution in [-0.4, -0.2) is 0 Å². The van der Waals surface area contributed by atoms with Crippen molar-refractivity contribution in [3.8, 4) is 0 Å². The molecule has 19 heavy (non-hydrogen) atoms. The monoisotopic (exact) mass is 260 g/mol. The van der Waals surface area contributed by atoms with E-state index in [0.29, 0.717) is 0 Å². The minimum absolute atomic E-state index is 0.879. The fourth-order valence-corrected chi connectivity index (χ4v) is 5.22. The molecule has 0 nitrogen and oxygen atoms in total. The van der Waals surface area contributed by atoms with E-state index >= 15 is 0 Å². The van der Waals surface area contributed by atoms with Crippen molar-refractivity contribution in [1.29, 1.82) is 0 Å². The number of allylic oxidation sites excluding steroid dienone is 2. The highest BCUT2D eigenvalue weighted by Gasteiger charge is 2.45. The zero-order valence-corrected chi connectivity index (χ0v) is 13.2. The lowest BCUT2D eigenvalue weighted by Gasteiger charge is -2.29. The Morgan fingerprint density at radius 3 is 2.37 bits per heavy atom. The highest BCUT2D eigenvalue weighted by molar-refractivity contribution is 5.13. The lowest BCUT2D eigenvalue weighted by atomic mass is 9.76. The summed E-state index contributed by atoms with van der Waals surface area (Å²) in [6.07, 6.45) is 14.5. The summed E-state index contributed by atoms with van der Waals surface area (Å²) in [4.78, 5) is 0. The zero-order valence-electron chi connectivity index (χ0n) is 13.2. The summed E-state index contributed by atoms with van der Waals surface area (Å²) in [6, 6.07) is 0. The van der Waals surface area contributed by atoms with Gasteiger partial charge in [-0.15, -0.1) is 0 Å². The van der Waals surface area contributed by atoms with E-state index in [4.69, 9.17) is 0 Å². The molecular formula is C19H32. The molecular weight excluding hydrogens is 228 g/mol. The van der Waals surface area contributed by atoms with Crippen LogP contribution in [0, 0.1) is 35.5 Å². The second-order valence-electron chi connectivity index (χ2n) is 7.74. The first-order chi connectivity index (χ1) is 9.20. The largest absolute Gasteiger partial charge is 0.0848 e. The van der Waals surface area contributed by atoms with Crippen LogP contribution in [0.15, 0.2) is 11.6 Å². The normalized spacial score (nSPS) is 43.9. The number of hydrogen-bond donors (Lipinski definition) is 0. The maximum absolute atomic E-state index is 2.64. The fourth-order valence-electron chi connectivity index (χ4n) is 5.22. The van der Waals surface area contributed by atoms with E-state index in [1.807, 2.05) is 0 Å². The maximum Gasteiger partial charge on any atom is -0.0201 e.